The number of carbonyl (C=O) groups is 1. The van der Waals surface area contributed by atoms with E-state index in [1.807, 2.05) is 6.07 Å². The standard InChI is InChI=1S/C14H17ClO2S/c1-9-2-4-10(5-3-9)18-11-6-7-13(15)12(8-11)14(16)17/h6-10H,2-5H2,1H3,(H,16,17). The Balaban J connectivity index is 2.05. The van der Waals surface area contributed by atoms with E-state index in [4.69, 9.17) is 16.7 Å². The van der Waals surface area contributed by atoms with E-state index in [0.29, 0.717) is 10.3 Å². The monoisotopic (exact) mass is 284 g/mol. The van der Waals surface area contributed by atoms with E-state index in [9.17, 15) is 4.79 Å². The Morgan fingerprint density at radius 1 is 1.33 bits per heavy atom. The molecule has 0 bridgehead atoms. The van der Waals surface area contributed by atoms with Crippen molar-refractivity contribution < 1.29 is 9.90 Å². The van der Waals surface area contributed by atoms with Gasteiger partial charge >= 0.3 is 5.97 Å². The SMILES string of the molecule is CC1CCC(Sc2ccc(Cl)c(C(=O)O)c2)CC1. The number of hydrogen-bond acceptors (Lipinski definition) is 2. The summed E-state index contributed by atoms with van der Waals surface area (Å²) >= 11 is 7.65. The molecule has 0 spiro atoms. The molecule has 0 amide bonds. The van der Waals surface area contributed by atoms with Crippen LogP contribution < -0.4 is 0 Å². The van der Waals surface area contributed by atoms with E-state index in [-0.39, 0.29) is 5.56 Å². The summed E-state index contributed by atoms with van der Waals surface area (Å²) in [6.45, 7) is 2.30. The fourth-order valence-corrected chi connectivity index (χ4v) is 3.71. The van der Waals surface area contributed by atoms with Crippen LogP contribution in [0.3, 0.4) is 0 Å². The third-order valence-electron chi connectivity index (χ3n) is 3.43. The van der Waals surface area contributed by atoms with Crippen LogP contribution in [0.4, 0.5) is 0 Å². The lowest BCUT2D eigenvalue weighted by molar-refractivity contribution is 0.0697. The molecule has 0 heterocycles. The van der Waals surface area contributed by atoms with Crippen molar-refractivity contribution in [3.63, 3.8) is 0 Å². The molecule has 0 saturated heterocycles. The highest BCUT2D eigenvalue weighted by atomic mass is 35.5. The van der Waals surface area contributed by atoms with Gasteiger partial charge in [-0.1, -0.05) is 18.5 Å². The first-order chi connectivity index (χ1) is 8.56. The molecule has 1 aliphatic rings. The number of carboxylic acids is 1. The smallest absolute Gasteiger partial charge is 0.337 e. The largest absolute Gasteiger partial charge is 0.478 e. The van der Waals surface area contributed by atoms with Crippen molar-refractivity contribution >= 4 is 29.3 Å². The Labute approximate surface area is 117 Å². The number of aromatic carboxylic acids is 1. The van der Waals surface area contributed by atoms with E-state index < -0.39 is 5.97 Å². The predicted molar refractivity (Wildman–Crippen MR) is 75.7 cm³/mol. The molecule has 0 aliphatic heterocycles. The maximum Gasteiger partial charge on any atom is 0.337 e. The zero-order valence-corrected chi connectivity index (χ0v) is 11.9. The zero-order valence-electron chi connectivity index (χ0n) is 10.4. The van der Waals surface area contributed by atoms with Gasteiger partial charge in [0.15, 0.2) is 0 Å². The Morgan fingerprint density at radius 3 is 2.61 bits per heavy atom. The van der Waals surface area contributed by atoms with Crippen LogP contribution in [-0.2, 0) is 0 Å². The van der Waals surface area contributed by atoms with Crippen LogP contribution in [0, 0.1) is 5.92 Å². The third kappa shape index (κ3) is 3.42. The summed E-state index contributed by atoms with van der Waals surface area (Å²) in [6.07, 6.45) is 4.99. The minimum atomic E-state index is -0.959. The second-order valence-corrected chi connectivity index (χ2v) is 6.73. The Bertz CT molecular complexity index is 439. The van der Waals surface area contributed by atoms with Crippen LogP contribution >= 0.6 is 23.4 Å². The molecule has 1 aromatic carbocycles. The molecule has 1 saturated carbocycles. The van der Waals surface area contributed by atoms with Gasteiger partial charge in [-0.15, -0.1) is 11.8 Å². The quantitative estimate of drug-likeness (QED) is 0.873. The van der Waals surface area contributed by atoms with Gasteiger partial charge in [-0.25, -0.2) is 4.79 Å². The molecule has 1 aliphatic carbocycles. The number of carboxylic acid groups (broad SMARTS) is 1. The summed E-state index contributed by atoms with van der Waals surface area (Å²) in [5.41, 5.74) is 0.200. The van der Waals surface area contributed by atoms with Gasteiger partial charge in [-0.2, -0.15) is 0 Å². The molecular weight excluding hydrogens is 268 g/mol. The average Bonchev–Trinajstić information content (AvgIpc) is 2.34. The first-order valence-electron chi connectivity index (χ1n) is 6.25. The normalized spacial score (nSPS) is 23.9. The fourth-order valence-electron chi connectivity index (χ4n) is 2.28. The van der Waals surface area contributed by atoms with E-state index in [1.165, 1.54) is 25.7 Å². The van der Waals surface area contributed by atoms with Crippen LogP contribution in [0.25, 0.3) is 0 Å². The second-order valence-electron chi connectivity index (χ2n) is 4.95. The topological polar surface area (TPSA) is 37.3 Å². The minimum absolute atomic E-state index is 0.200. The first kappa shape index (κ1) is 13.8. The van der Waals surface area contributed by atoms with E-state index in [2.05, 4.69) is 6.92 Å². The lowest BCUT2D eigenvalue weighted by Crippen LogP contribution is -2.13. The van der Waals surface area contributed by atoms with Gasteiger partial charge in [0.1, 0.15) is 0 Å². The maximum absolute atomic E-state index is 11.0. The molecule has 0 atom stereocenters. The molecule has 18 heavy (non-hydrogen) atoms. The number of thioether (sulfide) groups is 1. The van der Waals surface area contributed by atoms with Crippen molar-refractivity contribution in [3.8, 4) is 0 Å². The Morgan fingerprint density at radius 2 is 2.00 bits per heavy atom. The highest BCUT2D eigenvalue weighted by molar-refractivity contribution is 8.00. The maximum atomic E-state index is 11.0. The Hall–Kier alpha value is -0.670. The predicted octanol–water partition coefficient (Wildman–Crippen LogP) is 4.71. The molecule has 1 aromatic rings. The second kappa shape index (κ2) is 5.98. The van der Waals surface area contributed by atoms with Crippen LogP contribution in [0.15, 0.2) is 23.1 Å². The van der Waals surface area contributed by atoms with E-state index in [0.717, 1.165) is 10.8 Å². The molecule has 4 heteroatoms. The number of halogens is 1. The minimum Gasteiger partial charge on any atom is -0.478 e. The van der Waals surface area contributed by atoms with Gasteiger partial charge in [0.25, 0.3) is 0 Å². The molecule has 2 rings (SSSR count). The fraction of sp³-hybridized carbons (Fsp3) is 0.500. The molecule has 1 N–H and O–H groups in total. The molecule has 0 unspecified atom stereocenters. The third-order valence-corrected chi connectivity index (χ3v) is 5.09. The summed E-state index contributed by atoms with van der Waals surface area (Å²) in [4.78, 5) is 12.0. The highest BCUT2D eigenvalue weighted by Crippen LogP contribution is 2.36. The number of rotatable bonds is 3. The van der Waals surface area contributed by atoms with Gasteiger partial charge in [0.2, 0.25) is 0 Å². The van der Waals surface area contributed by atoms with Crippen LogP contribution in [-0.4, -0.2) is 16.3 Å². The number of hydrogen-bond donors (Lipinski definition) is 1. The van der Waals surface area contributed by atoms with E-state index in [1.54, 1.807) is 23.9 Å². The summed E-state index contributed by atoms with van der Waals surface area (Å²) in [5.74, 6) is -0.124. The summed E-state index contributed by atoms with van der Waals surface area (Å²) in [6, 6.07) is 5.28. The van der Waals surface area contributed by atoms with Crippen molar-refractivity contribution in [1.82, 2.24) is 0 Å². The summed E-state index contributed by atoms with van der Waals surface area (Å²) in [7, 11) is 0. The van der Waals surface area contributed by atoms with Crippen LogP contribution in [0.2, 0.25) is 5.02 Å². The van der Waals surface area contributed by atoms with Gasteiger partial charge in [0, 0.05) is 10.1 Å². The summed E-state index contributed by atoms with van der Waals surface area (Å²) < 4.78 is 0. The molecule has 0 aromatic heterocycles. The van der Waals surface area contributed by atoms with E-state index >= 15 is 0 Å². The van der Waals surface area contributed by atoms with Crippen molar-refractivity contribution in [2.75, 3.05) is 0 Å². The molecule has 2 nitrogen and oxygen atoms in total. The Kier molecular flexibility index (Phi) is 4.57. The lowest BCUT2D eigenvalue weighted by atomic mass is 9.91. The molecule has 0 radical (unpaired) electrons. The van der Waals surface area contributed by atoms with Crippen molar-refractivity contribution in [3.05, 3.63) is 28.8 Å². The number of benzene rings is 1. The highest BCUT2D eigenvalue weighted by Gasteiger charge is 2.19. The molecule has 1 fully saturated rings. The lowest BCUT2D eigenvalue weighted by Gasteiger charge is -2.25. The summed E-state index contributed by atoms with van der Waals surface area (Å²) in [5, 5.41) is 9.96. The van der Waals surface area contributed by atoms with Gasteiger partial charge in [-0.05, 0) is 49.8 Å². The van der Waals surface area contributed by atoms with Crippen molar-refractivity contribution in [1.29, 1.82) is 0 Å². The first-order valence-corrected chi connectivity index (χ1v) is 7.51. The van der Waals surface area contributed by atoms with Crippen LogP contribution in [0.5, 0.6) is 0 Å². The average molecular weight is 285 g/mol. The van der Waals surface area contributed by atoms with Crippen molar-refractivity contribution in [2.24, 2.45) is 5.92 Å². The van der Waals surface area contributed by atoms with Gasteiger partial charge in [0.05, 0.1) is 10.6 Å². The van der Waals surface area contributed by atoms with Crippen molar-refractivity contribution in [2.45, 2.75) is 42.8 Å². The molecule has 98 valence electrons. The molecular formula is C14H17ClO2S. The van der Waals surface area contributed by atoms with Gasteiger partial charge in [-0.3, -0.25) is 0 Å². The van der Waals surface area contributed by atoms with Gasteiger partial charge < -0.3 is 5.11 Å². The zero-order chi connectivity index (χ0) is 13.1. The van der Waals surface area contributed by atoms with Crippen LogP contribution in [0.1, 0.15) is 43.0 Å².